The van der Waals surface area contributed by atoms with Crippen molar-refractivity contribution in [2.45, 2.75) is 6.10 Å². The molecule has 1 atom stereocenters. The van der Waals surface area contributed by atoms with Gasteiger partial charge in [0, 0.05) is 17.7 Å². The summed E-state index contributed by atoms with van der Waals surface area (Å²) < 4.78 is 2.34. The Bertz CT molecular complexity index is 416. The normalized spacial score (nSPS) is 12.2. The van der Waals surface area contributed by atoms with Gasteiger partial charge in [-0.15, -0.1) is 0 Å². The predicted molar refractivity (Wildman–Crippen MR) is 59.1 cm³/mol. The number of nitrogens with zero attached hydrogens (tertiary/aromatic N) is 1. The van der Waals surface area contributed by atoms with Gasteiger partial charge in [-0.05, 0) is 22.0 Å². The molecule has 0 aliphatic rings. The summed E-state index contributed by atoms with van der Waals surface area (Å²) in [6, 6.07) is 1.60. The van der Waals surface area contributed by atoms with Crippen molar-refractivity contribution in [3.05, 3.63) is 22.4 Å². The Morgan fingerprint density at radius 3 is 2.69 bits per heavy atom. The molecule has 16 heavy (non-hydrogen) atoms. The Morgan fingerprint density at radius 1 is 1.62 bits per heavy atom. The van der Waals surface area contributed by atoms with E-state index in [4.69, 9.17) is 10.2 Å². The Morgan fingerprint density at radius 2 is 2.25 bits per heavy atom. The Kier molecular flexibility index (Phi) is 4.08. The van der Waals surface area contributed by atoms with E-state index >= 15 is 0 Å². The van der Waals surface area contributed by atoms with Gasteiger partial charge in [0.25, 0.3) is 5.91 Å². The van der Waals surface area contributed by atoms with Crippen molar-refractivity contribution >= 4 is 27.8 Å². The zero-order valence-corrected chi connectivity index (χ0v) is 10.1. The molecule has 3 N–H and O–H groups in total. The fraction of sp³-hybridized carbons (Fsp3) is 0.333. The van der Waals surface area contributed by atoms with Crippen LogP contribution in [-0.4, -0.2) is 39.3 Å². The van der Waals surface area contributed by atoms with Gasteiger partial charge in [0.1, 0.15) is 5.69 Å². The molecule has 0 fully saturated rings. The summed E-state index contributed by atoms with van der Waals surface area (Å²) in [5, 5.41) is 19.7. The lowest BCUT2D eigenvalue weighted by Crippen LogP contribution is -2.37. The van der Waals surface area contributed by atoms with Gasteiger partial charge in [0.05, 0.1) is 6.54 Å². The number of nitrogens with one attached hydrogen (secondary N) is 1. The number of halogens is 1. The number of rotatable bonds is 4. The van der Waals surface area contributed by atoms with Crippen molar-refractivity contribution in [1.82, 2.24) is 9.88 Å². The van der Waals surface area contributed by atoms with Gasteiger partial charge in [-0.3, -0.25) is 4.79 Å². The lowest BCUT2D eigenvalue weighted by molar-refractivity contribution is -0.146. The molecule has 0 unspecified atom stereocenters. The van der Waals surface area contributed by atoms with Crippen LogP contribution in [0.4, 0.5) is 0 Å². The number of amides is 1. The number of hydrogen-bond donors (Lipinski definition) is 3. The van der Waals surface area contributed by atoms with Crippen LogP contribution in [0, 0.1) is 0 Å². The first-order valence-electron chi connectivity index (χ1n) is 4.42. The summed E-state index contributed by atoms with van der Waals surface area (Å²) in [6.45, 7) is -0.322. The molecule has 0 radical (unpaired) electrons. The smallest absolute Gasteiger partial charge is 0.334 e. The quantitative estimate of drug-likeness (QED) is 0.726. The minimum atomic E-state index is -1.59. The van der Waals surface area contributed by atoms with Crippen LogP contribution < -0.4 is 5.32 Å². The Labute approximate surface area is 100 Å². The van der Waals surface area contributed by atoms with Crippen molar-refractivity contribution in [3.63, 3.8) is 0 Å². The second kappa shape index (κ2) is 5.13. The van der Waals surface area contributed by atoms with Crippen LogP contribution in [0.3, 0.4) is 0 Å². The summed E-state index contributed by atoms with van der Waals surface area (Å²) in [7, 11) is 1.69. The van der Waals surface area contributed by atoms with Crippen LogP contribution in [0.5, 0.6) is 0 Å². The molecule has 1 aromatic rings. The number of carbonyl (C=O) groups is 2. The zero-order chi connectivity index (χ0) is 12.3. The molecular formula is C9H11BrN2O4. The highest BCUT2D eigenvalue weighted by Gasteiger charge is 2.16. The highest BCUT2D eigenvalue weighted by Crippen LogP contribution is 2.13. The lowest BCUT2D eigenvalue weighted by atomic mass is 10.3. The maximum Gasteiger partial charge on any atom is 0.334 e. The average Bonchev–Trinajstić information content (AvgIpc) is 2.53. The van der Waals surface area contributed by atoms with E-state index in [9.17, 15) is 9.59 Å². The van der Waals surface area contributed by atoms with Crippen molar-refractivity contribution < 1.29 is 19.8 Å². The van der Waals surface area contributed by atoms with E-state index < -0.39 is 18.0 Å². The van der Waals surface area contributed by atoms with Crippen LogP contribution in [0.15, 0.2) is 16.7 Å². The van der Waals surface area contributed by atoms with Gasteiger partial charge in [-0.25, -0.2) is 4.79 Å². The highest BCUT2D eigenvalue weighted by molar-refractivity contribution is 9.10. The van der Waals surface area contributed by atoms with E-state index in [1.54, 1.807) is 23.9 Å². The molecule has 1 amide bonds. The molecule has 1 rings (SSSR count). The van der Waals surface area contributed by atoms with Crippen LogP contribution in [0.1, 0.15) is 10.5 Å². The van der Waals surface area contributed by atoms with Gasteiger partial charge in [-0.1, -0.05) is 0 Å². The molecule has 1 aromatic heterocycles. The third-order valence-electron chi connectivity index (χ3n) is 1.95. The lowest BCUT2D eigenvalue weighted by Gasteiger charge is -2.07. The predicted octanol–water partition coefficient (Wildman–Crippen LogP) is -0.0371. The highest BCUT2D eigenvalue weighted by atomic mass is 79.9. The van der Waals surface area contributed by atoms with Crippen molar-refractivity contribution in [3.8, 4) is 0 Å². The molecule has 6 nitrogen and oxygen atoms in total. The van der Waals surface area contributed by atoms with Gasteiger partial charge < -0.3 is 20.1 Å². The number of carbonyl (C=O) groups excluding carboxylic acids is 1. The zero-order valence-electron chi connectivity index (χ0n) is 8.48. The van der Waals surface area contributed by atoms with Gasteiger partial charge in [-0.2, -0.15) is 0 Å². The van der Waals surface area contributed by atoms with E-state index in [0.717, 1.165) is 4.47 Å². The minimum absolute atomic E-state index is 0.322. The fourth-order valence-electron chi connectivity index (χ4n) is 1.12. The molecule has 0 aliphatic heterocycles. The first kappa shape index (κ1) is 12.7. The number of aliphatic hydroxyl groups is 1. The third kappa shape index (κ3) is 3.07. The van der Waals surface area contributed by atoms with Gasteiger partial charge >= 0.3 is 5.97 Å². The Hall–Kier alpha value is -1.34. The van der Waals surface area contributed by atoms with Gasteiger partial charge in [0.15, 0.2) is 6.10 Å². The maximum absolute atomic E-state index is 11.5. The third-order valence-corrected chi connectivity index (χ3v) is 2.38. The molecule has 88 valence electrons. The molecule has 0 bridgehead atoms. The van der Waals surface area contributed by atoms with Crippen LogP contribution >= 0.6 is 15.9 Å². The summed E-state index contributed by atoms with van der Waals surface area (Å²) in [4.78, 5) is 21.9. The molecule has 0 aliphatic carbocycles. The molecule has 0 saturated heterocycles. The fourth-order valence-corrected chi connectivity index (χ4v) is 1.64. The number of carboxylic acid groups (broad SMARTS) is 1. The minimum Gasteiger partial charge on any atom is -0.479 e. The SMILES string of the molecule is Cn1cc(Br)cc1C(=O)NC[C@H](O)C(=O)O. The molecular weight excluding hydrogens is 280 g/mol. The number of aliphatic hydroxyl groups excluding tert-OH is 1. The maximum atomic E-state index is 11.5. The summed E-state index contributed by atoms with van der Waals surface area (Å²) in [5.74, 6) is -1.80. The first-order chi connectivity index (χ1) is 7.41. The second-order valence-electron chi connectivity index (χ2n) is 3.22. The van der Waals surface area contributed by atoms with E-state index in [1.807, 2.05) is 0 Å². The standard InChI is InChI=1S/C9H11BrN2O4/c1-12-4-5(10)2-6(12)8(14)11-3-7(13)9(15)16/h2,4,7,13H,3H2,1H3,(H,11,14)(H,15,16)/t7-/m0/s1. The monoisotopic (exact) mass is 290 g/mol. The van der Waals surface area contributed by atoms with Crippen molar-refractivity contribution in [2.75, 3.05) is 6.54 Å². The number of carboxylic acids is 1. The van der Waals surface area contributed by atoms with E-state index in [-0.39, 0.29) is 6.54 Å². The number of aliphatic carboxylic acids is 1. The topological polar surface area (TPSA) is 91.6 Å². The van der Waals surface area contributed by atoms with Crippen LogP contribution in [0.25, 0.3) is 0 Å². The van der Waals surface area contributed by atoms with E-state index in [2.05, 4.69) is 21.2 Å². The van der Waals surface area contributed by atoms with Crippen LogP contribution in [-0.2, 0) is 11.8 Å². The Balaban J connectivity index is 2.60. The van der Waals surface area contributed by atoms with Crippen molar-refractivity contribution in [1.29, 1.82) is 0 Å². The average molecular weight is 291 g/mol. The largest absolute Gasteiger partial charge is 0.479 e. The van der Waals surface area contributed by atoms with E-state index in [0.29, 0.717) is 5.69 Å². The number of aryl methyl sites for hydroxylation is 1. The second-order valence-corrected chi connectivity index (χ2v) is 4.13. The summed E-state index contributed by atoms with van der Waals surface area (Å²) in [5.41, 5.74) is 0.379. The molecule has 0 spiro atoms. The number of aromatic nitrogens is 1. The first-order valence-corrected chi connectivity index (χ1v) is 5.22. The molecule has 1 heterocycles. The van der Waals surface area contributed by atoms with Crippen LogP contribution in [0.2, 0.25) is 0 Å². The van der Waals surface area contributed by atoms with E-state index in [1.165, 1.54) is 0 Å². The number of hydrogen-bond acceptors (Lipinski definition) is 3. The summed E-state index contributed by atoms with van der Waals surface area (Å²) in [6.07, 6.45) is 0.107. The molecule has 0 saturated carbocycles. The van der Waals surface area contributed by atoms with Crippen molar-refractivity contribution in [2.24, 2.45) is 7.05 Å². The molecule has 0 aromatic carbocycles. The molecule has 7 heteroatoms. The van der Waals surface area contributed by atoms with Gasteiger partial charge in [0.2, 0.25) is 0 Å². The summed E-state index contributed by atoms with van der Waals surface area (Å²) >= 11 is 3.21.